The molecule has 0 bridgehead atoms. The number of hydrogen-bond acceptors (Lipinski definition) is 4. The molecule has 0 N–H and O–H groups in total. The van der Waals surface area contributed by atoms with Gasteiger partial charge in [0.25, 0.3) is 5.78 Å². The monoisotopic (exact) mass is 420 g/mol. The number of Topliss-reactive ketones (excluding diaryl/α,β-unsaturated/α-hetero) is 1. The first kappa shape index (κ1) is 19.0. The SMILES string of the molecule is Cc1ccc(C2(c3cccs3)CC(C(=O)C(F)(F)F)=C(c3cccs3)O2)cc1. The van der Waals surface area contributed by atoms with Gasteiger partial charge in [0, 0.05) is 12.0 Å². The van der Waals surface area contributed by atoms with Crippen LogP contribution in [0.1, 0.15) is 27.3 Å². The Morgan fingerprint density at radius 1 is 1.04 bits per heavy atom. The van der Waals surface area contributed by atoms with Crippen LogP contribution < -0.4 is 0 Å². The van der Waals surface area contributed by atoms with Crippen molar-refractivity contribution in [2.24, 2.45) is 0 Å². The van der Waals surface area contributed by atoms with Gasteiger partial charge in [-0.25, -0.2) is 0 Å². The summed E-state index contributed by atoms with van der Waals surface area (Å²) in [5, 5.41) is 3.60. The van der Waals surface area contributed by atoms with Crippen molar-refractivity contribution in [1.82, 2.24) is 0 Å². The van der Waals surface area contributed by atoms with E-state index in [1.165, 1.54) is 22.7 Å². The molecule has 144 valence electrons. The molecular weight excluding hydrogens is 405 g/mol. The minimum atomic E-state index is -4.96. The Hall–Kier alpha value is -2.38. The molecule has 0 saturated heterocycles. The number of thiophene rings is 2. The van der Waals surface area contributed by atoms with Crippen LogP contribution in [0.15, 0.2) is 64.9 Å². The van der Waals surface area contributed by atoms with E-state index in [-0.39, 0.29) is 17.8 Å². The molecular formula is C21H15F3O2S2. The Balaban J connectivity index is 1.89. The van der Waals surface area contributed by atoms with Crippen molar-refractivity contribution in [3.63, 3.8) is 0 Å². The molecule has 1 unspecified atom stereocenters. The lowest BCUT2D eigenvalue weighted by Gasteiger charge is -2.29. The zero-order valence-corrected chi connectivity index (χ0v) is 16.4. The van der Waals surface area contributed by atoms with E-state index >= 15 is 0 Å². The lowest BCUT2D eigenvalue weighted by Crippen LogP contribution is -2.29. The first-order valence-corrected chi connectivity index (χ1v) is 10.3. The summed E-state index contributed by atoms with van der Waals surface area (Å²) < 4.78 is 46.3. The van der Waals surface area contributed by atoms with Gasteiger partial charge in [-0.2, -0.15) is 13.2 Å². The number of aryl methyl sites for hydroxylation is 1. The number of hydrogen-bond donors (Lipinski definition) is 0. The van der Waals surface area contributed by atoms with Crippen LogP contribution in [0, 0.1) is 6.92 Å². The Morgan fingerprint density at radius 3 is 2.29 bits per heavy atom. The first-order valence-electron chi connectivity index (χ1n) is 8.50. The van der Waals surface area contributed by atoms with Crippen LogP contribution in [0.5, 0.6) is 0 Å². The Kier molecular flexibility index (Phi) is 4.67. The highest BCUT2D eigenvalue weighted by atomic mass is 32.1. The van der Waals surface area contributed by atoms with Crippen molar-refractivity contribution >= 4 is 34.2 Å². The summed E-state index contributed by atoms with van der Waals surface area (Å²) in [5.41, 5.74) is 0.266. The topological polar surface area (TPSA) is 26.3 Å². The molecule has 3 aromatic rings. The van der Waals surface area contributed by atoms with Crippen LogP contribution in [0.4, 0.5) is 13.2 Å². The number of ketones is 1. The standard InChI is InChI=1S/C21H15F3O2S2/c1-13-6-8-14(9-7-13)20(17-5-3-11-28-17)12-15(19(25)21(22,23)24)18(26-20)16-4-2-10-27-16/h2-11H,12H2,1H3. The molecule has 0 aliphatic carbocycles. The average Bonchev–Trinajstić information content (AvgIpc) is 3.40. The number of benzene rings is 1. The molecule has 0 radical (unpaired) electrons. The minimum Gasteiger partial charge on any atom is -0.475 e. The second-order valence-corrected chi connectivity index (χ2v) is 8.46. The zero-order chi connectivity index (χ0) is 19.9. The summed E-state index contributed by atoms with van der Waals surface area (Å²) in [4.78, 5) is 13.5. The summed E-state index contributed by atoms with van der Waals surface area (Å²) in [5.74, 6) is -1.83. The number of alkyl halides is 3. The maximum Gasteiger partial charge on any atom is 0.454 e. The highest BCUT2D eigenvalue weighted by Crippen LogP contribution is 2.52. The predicted molar refractivity (Wildman–Crippen MR) is 104 cm³/mol. The van der Waals surface area contributed by atoms with E-state index in [0.717, 1.165) is 16.0 Å². The fourth-order valence-corrected chi connectivity index (χ4v) is 4.95. The number of carbonyl (C=O) groups excluding carboxylic acids is 1. The molecule has 2 nitrogen and oxygen atoms in total. The average molecular weight is 420 g/mol. The fraction of sp³-hybridized carbons (Fsp3) is 0.190. The third-order valence-electron chi connectivity index (χ3n) is 4.69. The van der Waals surface area contributed by atoms with Gasteiger partial charge >= 0.3 is 6.18 Å². The van der Waals surface area contributed by atoms with Crippen molar-refractivity contribution in [2.45, 2.75) is 25.1 Å². The molecule has 3 heterocycles. The van der Waals surface area contributed by atoms with Gasteiger partial charge in [-0.1, -0.05) is 42.0 Å². The van der Waals surface area contributed by atoms with Crippen LogP contribution in [-0.4, -0.2) is 12.0 Å². The maximum absolute atomic E-state index is 13.3. The highest BCUT2D eigenvalue weighted by Gasteiger charge is 2.52. The van der Waals surface area contributed by atoms with E-state index < -0.39 is 17.6 Å². The fourth-order valence-electron chi connectivity index (χ4n) is 3.33. The third-order valence-corrected chi connectivity index (χ3v) is 6.57. The maximum atomic E-state index is 13.3. The van der Waals surface area contributed by atoms with E-state index in [2.05, 4.69) is 0 Å². The van der Waals surface area contributed by atoms with Crippen molar-refractivity contribution in [3.05, 3.63) is 85.7 Å². The largest absolute Gasteiger partial charge is 0.475 e. The second-order valence-electron chi connectivity index (χ2n) is 6.56. The molecule has 7 heteroatoms. The van der Waals surface area contributed by atoms with Crippen LogP contribution in [0.25, 0.3) is 5.76 Å². The van der Waals surface area contributed by atoms with Crippen molar-refractivity contribution < 1.29 is 22.7 Å². The van der Waals surface area contributed by atoms with E-state index in [0.29, 0.717) is 4.88 Å². The van der Waals surface area contributed by atoms with E-state index in [1.54, 1.807) is 17.5 Å². The van der Waals surface area contributed by atoms with E-state index in [1.807, 2.05) is 48.7 Å². The van der Waals surface area contributed by atoms with Gasteiger partial charge in [0.05, 0.1) is 15.3 Å². The zero-order valence-electron chi connectivity index (χ0n) is 14.7. The molecule has 0 amide bonds. The number of rotatable bonds is 4. The Morgan fingerprint density at radius 2 is 1.71 bits per heavy atom. The van der Waals surface area contributed by atoms with E-state index in [4.69, 9.17) is 4.74 Å². The molecule has 0 spiro atoms. The third kappa shape index (κ3) is 3.18. The van der Waals surface area contributed by atoms with Gasteiger partial charge in [0.2, 0.25) is 0 Å². The summed E-state index contributed by atoms with van der Waals surface area (Å²) in [7, 11) is 0. The Labute approximate surface area is 167 Å². The van der Waals surface area contributed by atoms with Crippen LogP contribution in [0.3, 0.4) is 0 Å². The summed E-state index contributed by atoms with van der Waals surface area (Å²) in [6, 6.07) is 14.5. The molecule has 1 aliphatic rings. The molecule has 28 heavy (non-hydrogen) atoms. The van der Waals surface area contributed by atoms with Gasteiger partial charge < -0.3 is 4.74 Å². The number of halogens is 3. The van der Waals surface area contributed by atoms with Crippen LogP contribution in [-0.2, 0) is 15.1 Å². The predicted octanol–water partition coefficient (Wildman–Crippen LogP) is 6.32. The molecule has 1 atom stereocenters. The molecule has 1 aliphatic heterocycles. The van der Waals surface area contributed by atoms with Gasteiger partial charge in [-0.3, -0.25) is 4.79 Å². The molecule has 0 fully saturated rings. The minimum absolute atomic E-state index is 0.0197. The van der Waals surface area contributed by atoms with Crippen molar-refractivity contribution in [1.29, 1.82) is 0 Å². The molecule has 2 aromatic heterocycles. The quantitative estimate of drug-likeness (QED) is 0.493. The normalized spacial score (nSPS) is 19.7. The number of ether oxygens (including phenoxy) is 1. The molecule has 0 saturated carbocycles. The number of carbonyl (C=O) groups is 1. The summed E-state index contributed by atoms with van der Waals surface area (Å²) >= 11 is 2.65. The lowest BCUT2D eigenvalue weighted by atomic mass is 9.85. The van der Waals surface area contributed by atoms with Gasteiger partial charge in [-0.05, 0) is 29.8 Å². The van der Waals surface area contributed by atoms with Crippen LogP contribution >= 0.6 is 22.7 Å². The van der Waals surface area contributed by atoms with Gasteiger partial charge in [0.15, 0.2) is 5.60 Å². The van der Waals surface area contributed by atoms with Crippen molar-refractivity contribution in [3.8, 4) is 0 Å². The van der Waals surface area contributed by atoms with Gasteiger partial charge in [-0.15, -0.1) is 22.7 Å². The second kappa shape index (κ2) is 6.90. The lowest BCUT2D eigenvalue weighted by molar-refractivity contribution is -0.166. The summed E-state index contributed by atoms with van der Waals surface area (Å²) in [6.45, 7) is 1.94. The molecule has 1 aromatic carbocycles. The van der Waals surface area contributed by atoms with E-state index in [9.17, 15) is 18.0 Å². The molecule has 4 rings (SSSR count). The van der Waals surface area contributed by atoms with Gasteiger partial charge in [0.1, 0.15) is 5.76 Å². The smallest absolute Gasteiger partial charge is 0.454 e. The highest BCUT2D eigenvalue weighted by molar-refractivity contribution is 7.11. The van der Waals surface area contributed by atoms with Crippen molar-refractivity contribution in [2.75, 3.05) is 0 Å². The van der Waals surface area contributed by atoms with Crippen LogP contribution in [0.2, 0.25) is 0 Å². The Bertz CT molecular complexity index is 1020. The summed E-state index contributed by atoms with van der Waals surface area (Å²) in [6.07, 6.45) is -5.12. The first-order chi connectivity index (χ1) is 13.3.